The molecule has 90 valence electrons. The summed E-state index contributed by atoms with van der Waals surface area (Å²) in [6.45, 7) is 4.38. The molecule has 1 atom stereocenters. The molecule has 0 radical (unpaired) electrons. The molecular formula is C12H19ClN2S. The number of rotatable bonds is 6. The Kier molecular flexibility index (Phi) is 6.21. The first-order chi connectivity index (χ1) is 7.61. The lowest BCUT2D eigenvalue weighted by Gasteiger charge is -2.16. The molecule has 1 unspecified atom stereocenters. The van der Waals surface area contributed by atoms with E-state index >= 15 is 0 Å². The van der Waals surface area contributed by atoms with Crippen molar-refractivity contribution in [1.29, 1.82) is 0 Å². The monoisotopic (exact) mass is 258 g/mol. The van der Waals surface area contributed by atoms with Gasteiger partial charge in [-0.25, -0.2) is 0 Å². The number of nitrogens with one attached hydrogen (secondary N) is 1. The van der Waals surface area contributed by atoms with E-state index in [0.717, 1.165) is 17.2 Å². The average Bonchev–Trinajstić information content (AvgIpc) is 2.24. The van der Waals surface area contributed by atoms with Gasteiger partial charge in [0.2, 0.25) is 0 Å². The minimum atomic E-state index is 0.297. The van der Waals surface area contributed by atoms with Crippen LogP contribution in [-0.4, -0.2) is 17.0 Å². The largest absolute Gasteiger partial charge is 0.271 e. The molecule has 1 rings (SSSR count). The smallest absolute Gasteiger partial charge is 0.0408 e. The van der Waals surface area contributed by atoms with Crippen LogP contribution in [0.15, 0.2) is 24.3 Å². The maximum Gasteiger partial charge on any atom is 0.0408 e. The lowest BCUT2D eigenvalue weighted by Crippen LogP contribution is -2.39. The molecule has 4 heteroatoms. The van der Waals surface area contributed by atoms with Crippen LogP contribution in [0.1, 0.15) is 19.4 Å². The van der Waals surface area contributed by atoms with Crippen LogP contribution < -0.4 is 11.3 Å². The van der Waals surface area contributed by atoms with E-state index < -0.39 is 0 Å². The summed E-state index contributed by atoms with van der Waals surface area (Å²) < 4.78 is 0. The van der Waals surface area contributed by atoms with Crippen molar-refractivity contribution < 1.29 is 0 Å². The molecule has 16 heavy (non-hydrogen) atoms. The standard InChI is InChI=1S/C12H19ClN2S/c1-9(2)16-8-12(15-14)7-10-4-3-5-11(13)6-10/h3-6,9,12,15H,7-8,14H2,1-2H3. The van der Waals surface area contributed by atoms with Crippen molar-refractivity contribution >= 4 is 23.4 Å². The Bertz CT molecular complexity index is 318. The Hall–Kier alpha value is -0.220. The van der Waals surface area contributed by atoms with Crippen molar-refractivity contribution in [3.8, 4) is 0 Å². The fourth-order valence-corrected chi connectivity index (χ4v) is 2.47. The molecule has 0 amide bonds. The van der Waals surface area contributed by atoms with E-state index in [1.165, 1.54) is 5.56 Å². The van der Waals surface area contributed by atoms with E-state index in [4.69, 9.17) is 17.4 Å². The first-order valence-electron chi connectivity index (χ1n) is 5.44. The molecule has 0 saturated carbocycles. The predicted molar refractivity (Wildman–Crippen MR) is 73.9 cm³/mol. The van der Waals surface area contributed by atoms with E-state index in [0.29, 0.717) is 11.3 Å². The molecule has 0 fully saturated rings. The minimum absolute atomic E-state index is 0.297. The molecule has 1 aromatic rings. The first-order valence-corrected chi connectivity index (χ1v) is 6.86. The minimum Gasteiger partial charge on any atom is -0.271 e. The van der Waals surface area contributed by atoms with Crippen LogP contribution in [0.4, 0.5) is 0 Å². The van der Waals surface area contributed by atoms with Crippen LogP contribution in [0.5, 0.6) is 0 Å². The second-order valence-corrected chi connectivity index (χ2v) is 6.13. The van der Waals surface area contributed by atoms with Crippen LogP contribution in [-0.2, 0) is 6.42 Å². The molecule has 0 aliphatic rings. The van der Waals surface area contributed by atoms with Gasteiger partial charge < -0.3 is 0 Å². The molecular weight excluding hydrogens is 240 g/mol. The zero-order valence-corrected chi connectivity index (χ0v) is 11.3. The highest BCUT2D eigenvalue weighted by atomic mass is 35.5. The molecule has 0 aliphatic carbocycles. The molecule has 3 N–H and O–H groups in total. The Balaban J connectivity index is 2.49. The Labute approximate surface area is 107 Å². The summed E-state index contributed by atoms with van der Waals surface area (Å²) in [7, 11) is 0. The van der Waals surface area contributed by atoms with Crippen LogP contribution in [0.3, 0.4) is 0 Å². The summed E-state index contributed by atoms with van der Waals surface area (Å²) in [4.78, 5) is 0. The number of hydrogen-bond donors (Lipinski definition) is 2. The van der Waals surface area contributed by atoms with Crippen LogP contribution in [0.25, 0.3) is 0 Å². The summed E-state index contributed by atoms with van der Waals surface area (Å²) in [5.41, 5.74) is 4.08. The van der Waals surface area contributed by atoms with Gasteiger partial charge in [-0.1, -0.05) is 37.6 Å². The highest BCUT2D eigenvalue weighted by molar-refractivity contribution is 7.99. The summed E-state index contributed by atoms with van der Waals surface area (Å²) >= 11 is 7.85. The lowest BCUT2D eigenvalue weighted by molar-refractivity contribution is 0.575. The van der Waals surface area contributed by atoms with Gasteiger partial charge >= 0.3 is 0 Å². The maximum atomic E-state index is 5.94. The number of benzene rings is 1. The van der Waals surface area contributed by atoms with Crippen LogP contribution in [0, 0.1) is 0 Å². The number of hydrogen-bond acceptors (Lipinski definition) is 3. The quantitative estimate of drug-likeness (QED) is 0.609. The van der Waals surface area contributed by atoms with E-state index in [1.54, 1.807) is 0 Å². The summed E-state index contributed by atoms with van der Waals surface area (Å²) in [6, 6.07) is 8.23. The van der Waals surface area contributed by atoms with Gasteiger partial charge in [0.05, 0.1) is 0 Å². The molecule has 0 aromatic heterocycles. The Morgan fingerprint density at radius 3 is 2.75 bits per heavy atom. The van der Waals surface area contributed by atoms with Gasteiger partial charge in [-0.05, 0) is 29.4 Å². The predicted octanol–water partition coefficient (Wildman–Crippen LogP) is 2.86. The zero-order valence-electron chi connectivity index (χ0n) is 9.74. The Morgan fingerprint density at radius 1 is 1.44 bits per heavy atom. The second-order valence-electron chi connectivity index (χ2n) is 4.08. The Morgan fingerprint density at radius 2 is 2.19 bits per heavy atom. The molecule has 0 aliphatic heterocycles. The number of halogens is 1. The third-order valence-corrected chi connectivity index (χ3v) is 3.73. The summed E-state index contributed by atoms with van der Waals surface area (Å²) in [6.07, 6.45) is 0.913. The van der Waals surface area contributed by atoms with Gasteiger partial charge in [0.1, 0.15) is 0 Å². The van der Waals surface area contributed by atoms with Gasteiger partial charge in [0.25, 0.3) is 0 Å². The van der Waals surface area contributed by atoms with Crippen molar-refractivity contribution in [2.75, 3.05) is 5.75 Å². The fraction of sp³-hybridized carbons (Fsp3) is 0.500. The van der Waals surface area contributed by atoms with Crippen molar-refractivity contribution in [2.24, 2.45) is 5.84 Å². The third-order valence-electron chi connectivity index (χ3n) is 2.24. The number of hydrazine groups is 1. The maximum absolute atomic E-state index is 5.94. The SMILES string of the molecule is CC(C)SCC(Cc1cccc(Cl)c1)NN. The highest BCUT2D eigenvalue weighted by Gasteiger charge is 2.09. The number of thioether (sulfide) groups is 1. The third kappa shape index (κ3) is 5.21. The molecule has 2 nitrogen and oxygen atoms in total. The van der Waals surface area contributed by atoms with Crippen molar-refractivity contribution in [3.05, 3.63) is 34.9 Å². The van der Waals surface area contributed by atoms with Gasteiger partial charge in [-0.15, -0.1) is 0 Å². The van der Waals surface area contributed by atoms with E-state index in [-0.39, 0.29) is 0 Å². The van der Waals surface area contributed by atoms with E-state index in [2.05, 4.69) is 25.3 Å². The lowest BCUT2D eigenvalue weighted by atomic mass is 10.1. The fourth-order valence-electron chi connectivity index (χ4n) is 1.42. The van der Waals surface area contributed by atoms with Gasteiger partial charge in [-0.2, -0.15) is 11.8 Å². The molecule has 0 saturated heterocycles. The molecule has 0 bridgehead atoms. The number of nitrogens with two attached hydrogens (primary N) is 1. The average molecular weight is 259 g/mol. The molecule has 1 aromatic carbocycles. The molecule has 0 heterocycles. The highest BCUT2D eigenvalue weighted by Crippen LogP contribution is 2.15. The molecule has 0 spiro atoms. The van der Waals surface area contributed by atoms with Gasteiger partial charge in [-0.3, -0.25) is 11.3 Å². The first kappa shape index (κ1) is 13.8. The van der Waals surface area contributed by atoms with Crippen LogP contribution in [0.2, 0.25) is 5.02 Å². The summed E-state index contributed by atoms with van der Waals surface area (Å²) in [5, 5.41) is 1.42. The van der Waals surface area contributed by atoms with E-state index in [1.807, 2.05) is 30.0 Å². The zero-order chi connectivity index (χ0) is 12.0. The van der Waals surface area contributed by atoms with Gasteiger partial charge in [0.15, 0.2) is 0 Å². The normalized spacial score (nSPS) is 13.1. The van der Waals surface area contributed by atoms with Crippen molar-refractivity contribution in [1.82, 2.24) is 5.43 Å². The van der Waals surface area contributed by atoms with Crippen LogP contribution >= 0.6 is 23.4 Å². The van der Waals surface area contributed by atoms with Crippen molar-refractivity contribution in [3.63, 3.8) is 0 Å². The summed E-state index contributed by atoms with van der Waals surface area (Å²) in [5.74, 6) is 6.56. The van der Waals surface area contributed by atoms with Gasteiger partial charge in [0, 0.05) is 16.8 Å². The van der Waals surface area contributed by atoms with Crippen molar-refractivity contribution in [2.45, 2.75) is 31.6 Å². The van der Waals surface area contributed by atoms with E-state index in [9.17, 15) is 0 Å². The second kappa shape index (κ2) is 7.17. The topological polar surface area (TPSA) is 38.0 Å².